The molecule has 0 atom stereocenters. The third-order valence-electron chi connectivity index (χ3n) is 4.68. The molecule has 3 rings (SSSR count). The second-order valence-electron chi connectivity index (χ2n) is 7.29. The minimum Gasteiger partial charge on any atom is -0.495 e. The van der Waals surface area contributed by atoms with Gasteiger partial charge in [-0.25, -0.2) is 8.42 Å². The molecule has 1 amide bonds. The van der Waals surface area contributed by atoms with Gasteiger partial charge < -0.3 is 14.8 Å². The molecule has 0 spiro atoms. The first kappa shape index (κ1) is 23.1. The number of hydrogen-bond acceptors (Lipinski definition) is 5. The summed E-state index contributed by atoms with van der Waals surface area (Å²) in [5.41, 5.74) is 2.75. The number of anilines is 2. The zero-order valence-electron chi connectivity index (χ0n) is 18.2. The van der Waals surface area contributed by atoms with Gasteiger partial charge >= 0.3 is 0 Å². The molecule has 1 N–H and O–H groups in total. The fourth-order valence-electron chi connectivity index (χ4n) is 3.08. The third kappa shape index (κ3) is 6.24. The Morgan fingerprint density at radius 1 is 1.00 bits per heavy atom. The van der Waals surface area contributed by atoms with Gasteiger partial charge in [-0.1, -0.05) is 36.4 Å². The van der Waals surface area contributed by atoms with Gasteiger partial charge in [0.15, 0.2) is 0 Å². The van der Waals surface area contributed by atoms with Crippen LogP contribution in [-0.4, -0.2) is 34.2 Å². The number of amides is 1. The van der Waals surface area contributed by atoms with Crippen LogP contribution in [0.3, 0.4) is 0 Å². The number of nitrogens with one attached hydrogen (secondary N) is 1. The van der Waals surface area contributed by atoms with Crippen molar-refractivity contribution in [3.8, 4) is 11.5 Å². The minimum atomic E-state index is -3.72. The lowest BCUT2D eigenvalue weighted by molar-refractivity contribution is -0.114. The van der Waals surface area contributed by atoms with Gasteiger partial charge in [-0.05, 0) is 54.4 Å². The van der Waals surface area contributed by atoms with Crippen LogP contribution in [0, 0.1) is 6.92 Å². The topological polar surface area (TPSA) is 84.9 Å². The molecule has 0 aliphatic heterocycles. The number of sulfonamides is 1. The van der Waals surface area contributed by atoms with E-state index < -0.39 is 15.9 Å². The van der Waals surface area contributed by atoms with Gasteiger partial charge in [-0.15, -0.1) is 0 Å². The van der Waals surface area contributed by atoms with Crippen molar-refractivity contribution in [2.45, 2.75) is 13.5 Å². The molecule has 0 saturated heterocycles. The van der Waals surface area contributed by atoms with E-state index in [0.717, 1.165) is 21.7 Å². The average molecular weight is 455 g/mol. The number of methoxy groups -OCH3 is 1. The molecule has 0 fully saturated rings. The number of carbonyl (C=O) groups is 1. The highest BCUT2D eigenvalue weighted by molar-refractivity contribution is 7.92. The van der Waals surface area contributed by atoms with Crippen molar-refractivity contribution in [3.63, 3.8) is 0 Å². The van der Waals surface area contributed by atoms with Crippen LogP contribution in [0.15, 0.2) is 72.8 Å². The lowest BCUT2D eigenvalue weighted by atomic mass is 10.2. The van der Waals surface area contributed by atoms with Gasteiger partial charge in [0.05, 0.1) is 19.1 Å². The van der Waals surface area contributed by atoms with Crippen molar-refractivity contribution in [1.82, 2.24) is 0 Å². The molecule has 0 unspecified atom stereocenters. The van der Waals surface area contributed by atoms with Crippen molar-refractivity contribution in [1.29, 1.82) is 0 Å². The number of carbonyl (C=O) groups excluding carboxylic acids is 1. The largest absolute Gasteiger partial charge is 0.495 e. The molecule has 8 heteroatoms. The monoisotopic (exact) mass is 454 g/mol. The molecular weight excluding hydrogens is 428 g/mol. The van der Waals surface area contributed by atoms with Crippen molar-refractivity contribution in [2.24, 2.45) is 0 Å². The second-order valence-corrected chi connectivity index (χ2v) is 9.20. The molecule has 0 saturated carbocycles. The number of aryl methyl sites for hydroxylation is 1. The Kier molecular flexibility index (Phi) is 7.37. The van der Waals surface area contributed by atoms with Crippen LogP contribution in [-0.2, 0) is 21.4 Å². The number of benzene rings is 3. The summed E-state index contributed by atoms with van der Waals surface area (Å²) in [5, 5.41) is 2.73. The summed E-state index contributed by atoms with van der Waals surface area (Å²) < 4.78 is 36.9. The van der Waals surface area contributed by atoms with Gasteiger partial charge in [0.25, 0.3) is 0 Å². The zero-order chi connectivity index (χ0) is 23.1. The predicted molar refractivity (Wildman–Crippen MR) is 126 cm³/mol. The summed E-state index contributed by atoms with van der Waals surface area (Å²) in [7, 11) is -2.27. The first-order valence-corrected chi connectivity index (χ1v) is 11.8. The Hall–Kier alpha value is -3.52. The summed E-state index contributed by atoms with van der Waals surface area (Å²) in [6.45, 7) is 1.89. The van der Waals surface area contributed by atoms with E-state index in [4.69, 9.17) is 9.47 Å². The molecule has 168 valence electrons. The van der Waals surface area contributed by atoms with Crippen molar-refractivity contribution in [3.05, 3.63) is 83.9 Å². The summed E-state index contributed by atoms with van der Waals surface area (Å²) in [5.74, 6) is 0.555. The average Bonchev–Trinajstić information content (AvgIpc) is 2.77. The highest BCUT2D eigenvalue weighted by Gasteiger charge is 2.24. The van der Waals surface area contributed by atoms with E-state index in [2.05, 4.69) is 5.32 Å². The van der Waals surface area contributed by atoms with Gasteiger partial charge in [0.1, 0.15) is 24.7 Å². The first-order valence-electron chi connectivity index (χ1n) is 9.95. The maximum absolute atomic E-state index is 12.6. The molecule has 0 aliphatic rings. The van der Waals surface area contributed by atoms with E-state index in [-0.39, 0.29) is 6.54 Å². The molecule has 0 aromatic heterocycles. The Bertz CT molecular complexity index is 1160. The van der Waals surface area contributed by atoms with Gasteiger partial charge in [0, 0.05) is 5.69 Å². The smallest absolute Gasteiger partial charge is 0.245 e. The van der Waals surface area contributed by atoms with Crippen LogP contribution in [0.4, 0.5) is 11.4 Å². The van der Waals surface area contributed by atoms with Gasteiger partial charge in [-0.3, -0.25) is 9.10 Å². The lowest BCUT2D eigenvalue weighted by Crippen LogP contribution is -2.37. The highest BCUT2D eigenvalue weighted by atomic mass is 32.2. The standard InChI is InChI=1S/C24H26N2O5S/c1-18-9-14-23(30-2)22(15-18)26(32(3,28)29)16-24(27)25-20-10-12-21(13-11-20)31-17-19-7-5-4-6-8-19/h4-15H,16-17H2,1-3H3,(H,25,27). The Labute approximate surface area is 188 Å². The summed E-state index contributed by atoms with van der Waals surface area (Å²) in [6.07, 6.45) is 1.06. The summed E-state index contributed by atoms with van der Waals surface area (Å²) >= 11 is 0. The van der Waals surface area contributed by atoms with Crippen LogP contribution in [0.25, 0.3) is 0 Å². The first-order chi connectivity index (χ1) is 15.3. The molecule has 0 aliphatic carbocycles. The van der Waals surface area contributed by atoms with Crippen LogP contribution >= 0.6 is 0 Å². The van der Waals surface area contributed by atoms with E-state index in [9.17, 15) is 13.2 Å². The number of nitrogens with zero attached hydrogens (tertiary/aromatic N) is 1. The van der Waals surface area contributed by atoms with E-state index in [0.29, 0.717) is 29.5 Å². The number of ether oxygens (including phenoxy) is 2. The van der Waals surface area contributed by atoms with E-state index in [1.165, 1.54) is 7.11 Å². The molecular formula is C24H26N2O5S. The van der Waals surface area contributed by atoms with Crippen LogP contribution in [0.2, 0.25) is 0 Å². The Morgan fingerprint density at radius 2 is 1.69 bits per heavy atom. The summed E-state index contributed by atoms with van der Waals surface area (Å²) in [4.78, 5) is 12.6. The normalized spacial score (nSPS) is 11.0. The summed E-state index contributed by atoms with van der Waals surface area (Å²) in [6, 6.07) is 21.9. The van der Waals surface area contributed by atoms with E-state index in [1.807, 2.05) is 43.3 Å². The lowest BCUT2D eigenvalue weighted by Gasteiger charge is -2.24. The molecule has 3 aromatic carbocycles. The predicted octanol–water partition coefficient (Wildman–Crippen LogP) is 3.99. The minimum absolute atomic E-state index is 0.315. The molecule has 3 aromatic rings. The number of rotatable bonds is 9. The molecule has 0 bridgehead atoms. The zero-order valence-corrected chi connectivity index (χ0v) is 19.1. The Balaban J connectivity index is 1.67. The van der Waals surface area contributed by atoms with Gasteiger partial charge in [-0.2, -0.15) is 0 Å². The maximum Gasteiger partial charge on any atom is 0.245 e. The van der Waals surface area contributed by atoms with Crippen molar-refractivity contribution < 1.29 is 22.7 Å². The quantitative estimate of drug-likeness (QED) is 0.529. The molecule has 0 heterocycles. The number of hydrogen-bond donors (Lipinski definition) is 1. The van der Waals surface area contributed by atoms with E-state index in [1.54, 1.807) is 36.4 Å². The van der Waals surface area contributed by atoms with Crippen LogP contribution in [0.1, 0.15) is 11.1 Å². The van der Waals surface area contributed by atoms with Crippen molar-refractivity contribution in [2.75, 3.05) is 29.5 Å². The van der Waals surface area contributed by atoms with E-state index >= 15 is 0 Å². The second kappa shape index (κ2) is 10.2. The molecule has 32 heavy (non-hydrogen) atoms. The third-order valence-corrected chi connectivity index (χ3v) is 5.80. The SMILES string of the molecule is COc1ccc(C)cc1N(CC(=O)Nc1ccc(OCc2ccccc2)cc1)S(C)(=O)=O. The fourth-order valence-corrected chi connectivity index (χ4v) is 3.93. The Morgan fingerprint density at radius 3 is 2.31 bits per heavy atom. The van der Waals surface area contributed by atoms with Crippen molar-refractivity contribution >= 4 is 27.3 Å². The molecule has 7 nitrogen and oxygen atoms in total. The molecule has 0 radical (unpaired) electrons. The van der Waals surface area contributed by atoms with Gasteiger partial charge in [0.2, 0.25) is 15.9 Å². The maximum atomic E-state index is 12.6. The fraction of sp³-hybridized carbons (Fsp3) is 0.208. The van der Waals surface area contributed by atoms with Crippen LogP contribution in [0.5, 0.6) is 11.5 Å². The highest BCUT2D eigenvalue weighted by Crippen LogP contribution is 2.31. The van der Waals surface area contributed by atoms with Crippen LogP contribution < -0.4 is 19.1 Å².